The molecule has 3 rings (SSSR count). The molecule has 9 heteroatoms. The van der Waals surface area contributed by atoms with E-state index in [4.69, 9.17) is 9.47 Å². The number of nitro groups is 1. The minimum atomic E-state index is -0.582. The van der Waals surface area contributed by atoms with Crippen LogP contribution in [0.5, 0.6) is 5.75 Å². The van der Waals surface area contributed by atoms with Gasteiger partial charge in [-0.15, -0.1) is 0 Å². The Bertz CT molecular complexity index is 1130. The molecule has 0 saturated heterocycles. The van der Waals surface area contributed by atoms with E-state index in [1.54, 1.807) is 56.6 Å². The van der Waals surface area contributed by atoms with E-state index in [9.17, 15) is 19.7 Å². The summed E-state index contributed by atoms with van der Waals surface area (Å²) in [7, 11) is 0. The molecule has 0 radical (unpaired) electrons. The van der Waals surface area contributed by atoms with E-state index in [2.05, 4.69) is 4.98 Å². The summed E-state index contributed by atoms with van der Waals surface area (Å²) in [6, 6.07) is 14.1. The summed E-state index contributed by atoms with van der Waals surface area (Å²) < 4.78 is 10.3. The van der Waals surface area contributed by atoms with Crippen molar-refractivity contribution in [2.45, 2.75) is 20.4 Å². The molecule has 3 aromatic rings. The van der Waals surface area contributed by atoms with Crippen LogP contribution < -0.4 is 9.64 Å². The normalized spacial score (nSPS) is 10.4. The molecule has 0 atom stereocenters. The molecule has 170 valence electrons. The van der Waals surface area contributed by atoms with Crippen LogP contribution in [0.1, 0.15) is 40.1 Å². The molecule has 33 heavy (non-hydrogen) atoms. The number of nitrogens with zero attached hydrogens (tertiary/aromatic N) is 3. The second-order valence-corrected chi connectivity index (χ2v) is 6.89. The summed E-state index contributed by atoms with van der Waals surface area (Å²) >= 11 is 0. The van der Waals surface area contributed by atoms with Gasteiger partial charge in [0.25, 0.3) is 5.91 Å². The first-order valence-corrected chi connectivity index (χ1v) is 10.3. The number of anilines is 1. The van der Waals surface area contributed by atoms with E-state index in [0.717, 1.165) is 5.56 Å². The number of nitro benzene ring substituents is 1. The molecular weight excluding hydrogens is 426 g/mol. The molecule has 1 aromatic heterocycles. The van der Waals surface area contributed by atoms with Crippen molar-refractivity contribution in [1.82, 2.24) is 4.98 Å². The van der Waals surface area contributed by atoms with Gasteiger partial charge in [0.05, 0.1) is 30.2 Å². The Kier molecular flexibility index (Phi) is 7.69. The van der Waals surface area contributed by atoms with Gasteiger partial charge in [-0.2, -0.15) is 0 Å². The Labute approximate surface area is 190 Å². The largest absolute Gasteiger partial charge is 0.487 e. The van der Waals surface area contributed by atoms with Gasteiger partial charge in [-0.25, -0.2) is 4.79 Å². The standard InChI is InChI=1S/C24H23N3O6/c1-3-32-22-12-9-19(14-21(22)27(30)31)23(28)26(16-17-6-5-13-25-15-17)20-10-7-18(8-11-20)24(29)33-4-2/h5-15H,3-4,16H2,1-2H3. The third kappa shape index (κ3) is 5.70. The number of ether oxygens (including phenoxy) is 2. The highest BCUT2D eigenvalue weighted by Crippen LogP contribution is 2.30. The van der Waals surface area contributed by atoms with E-state index in [1.165, 1.54) is 23.1 Å². The lowest BCUT2D eigenvalue weighted by Gasteiger charge is -2.23. The highest BCUT2D eigenvalue weighted by atomic mass is 16.6. The molecule has 0 spiro atoms. The minimum absolute atomic E-state index is 0.0941. The fourth-order valence-corrected chi connectivity index (χ4v) is 3.17. The SMILES string of the molecule is CCOC(=O)c1ccc(N(Cc2cccnc2)C(=O)c2ccc(OCC)c([N+](=O)[O-])c2)cc1. The van der Waals surface area contributed by atoms with Gasteiger partial charge in [-0.05, 0) is 61.9 Å². The highest BCUT2D eigenvalue weighted by molar-refractivity contribution is 6.06. The minimum Gasteiger partial charge on any atom is -0.487 e. The topological polar surface area (TPSA) is 112 Å². The van der Waals surface area contributed by atoms with Gasteiger partial charge < -0.3 is 14.4 Å². The Hall–Kier alpha value is -4.27. The van der Waals surface area contributed by atoms with E-state index >= 15 is 0 Å². The Morgan fingerprint density at radius 2 is 1.76 bits per heavy atom. The summed E-state index contributed by atoms with van der Waals surface area (Å²) in [6.07, 6.45) is 3.26. The first-order chi connectivity index (χ1) is 15.9. The first kappa shape index (κ1) is 23.4. The second-order valence-electron chi connectivity index (χ2n) is 6.89. The summed E-state index contributed by atoms with van der Waals surface area (Å²) in [5.41, 5.74) is 1.46. The van der Waals surface area contributed by atoms with Crippen LogP contribution in [0.25, 0.3) is 0 Å². The van der Waals surface area contributed by atoms with Crippen LogP contribution in [0.2, 0.25) is 0 Å². The van der Waals surface area contributed by atoms with Crippen molar-refractivity contribution in [2.75, 3.05) is 18.1 Å². The number of aromatic nitrogens is 1. The average Bonchev–Trinajstić information content (AvgIpc) is 2.83. The molecular formula is C24H23N3O6. The molecule has 1 amide bonds. The lowest BCUT2D eigenvalue weighted by molar-refractivity contribution is -0.385. The molecule has 2 aromatic carbocycles. The number of carbonyl (C=O) groups is 2. The quantitative estimate of drug-likeness (QED) is 0.270. The molecule has 0 unspecified atom stereocenters. The maximum Gasteiger partial charge on any atom is 0.338 e. The summed E-state index contributed by atoms with van der Waals surface area (Å²) in [4.78, 5) is 41.9. The molecule has 9 nitrogen and oxygen atoms in total. The predicted molar refractivity (Wildman–Crippen MR) is 121 cm³/mol. The van der Waals surface area contributed by atoms with E-state index in [-0.39, 0.29) is 36.8 Å². The van der Waals surface area contributed by atoms with Crippen LogP contribution in [0.3, 0.4) is 0 Å². The monoisotopic (exact) mass is 449 g/mol. The summed E-state index contributed by atoms with van der Waals surface area (Å²) in [5.74, 6) is -0.818. The molecule has 0 fully saturated rings. The van der Waals surface area contributed by atoms with Gasteiger partial charge in [0.1, 0.15) is 0 Å². The zero-order valence-electron chi connectivity index (χ0n) is 18.3. The van der Waals surface area contributed by atoms with E-state index in [0.29, 0.717) is 11.3 Å². The van der Waals surface area contributed by atoms with Crippen LogP contribution in [0, 0.1) is 10.1 Å². The average molecular weight is 449 g/mol. The van der Waals surface area contributed by atoms with E-state index in [1.807, 2.05) is 6.07 Å². The molecule has 0 aliphatic heterocycles. The number of rotatable bonds is 9. The number of esters is 1. The zero-order chi connectivity index (χ0) is 23.8. The molecule has 0 aliphatic rings. The van der Waals surface area contributed by atoms with Gasteiger partial charge in [-0.3, -0.25) is 19.9 Å². The van der Waals surface area contributed by atoms with Crippen molar-refractivity contribution in [2.24, 2.45) is 0 Å². The summed E-state index contributed by atoms with van der Waals surface area (Å²) in [5, 5.41) is 11.5. The number of pyridine rings is 1. The zero-order valence-corrected chi connectivity index (χ0v) is 18.3. The van der Waals surface area contributed by atoms with Gasteiger partial charge >= 0.3 is 11.7 Å². The van der Waals surface area contributed by atoms with Crippen molar-refractivity contribution >= 4 is 23.3 Å². The van der Waals surface area contributed by atoms with Crippen LogP contribution in [0.15, 0.2) is 67.0 Å². The molecule has 0 saturated carbocycles. The maximum atomic E-state index is 13.5. The molecule has 1 heterocycles. The van der Waals surface area contributed by atoms with Crippen molar-refractivity contribution in [3.63, 3.8) is 0 Å². The lowest BCUT2D eigenvalue weighted by Crippen LogP contribution is -2.30. The Balaban J connectivity index is 1.99. The van der Waals surface area contributed by atoms with Crippen molar-refractivity contribution in [3.05, 3.63) is 93.8 Å². The van der Waals surface area contributed by atoms with Gasteiger partial charge in [0.2, 0.25) is 0 Å². The molecule has 0 aliphatic carbocycles. The maximum absolute atomic E-state index is 13.5. The number of hydrogen-bond donors (Lipinski definition) is 0. The lowest BCUT2D eigenvalue weighted by atomic mass is 10.1. The van der Waals surface area contributed by atoms with Crippen LogP contribution in [0.4, 0.5) is 11.4 Å². The Morgan fingerprint density at radius 3 is 2.36 bits per heavy atom. The predicted octanol–water partition coefficient (Wildman–Crippen LogP) is 4.41. The Morgan fingerprint density at radius 1 is 1.03 bits per heavy atom. The van der Waals surface area contributed by atoms with Crippen molar-refractivity contribution in [1.29, 1.82) is 0 Å². The fourth-order valence-electron chi connectivity index (χ4n) is 3.17. The third-order valence-corrected chi connectivity index (χ3v) is 4.70. The fraction of sp³-hybridized carbons (Fsp3) is 0.208. The third-order valence-electron chi connectivity index (χ3n) is 4.70. The number of benzene rings is 2. The molecule has 0 bridgehead atoms. The van der Waals surface area contributed by atoms with Gasteiger partial charge in [0, 0.05) is 29.7 Å². The molecule has 0 N–H and O–H groups in total. The first-order valence-electron chi connectivity index (χ1n) is 10.3. The van der Waals surface area contributed by atoms with Crippen LogP contribution in [-0.2, 0) is 11.3 Å². The van der Waals surface area contributed by atoms with Gasteiger partial charge in [-0.1, -0.05) is 6.07 Å². The second kappa shape index (κ2) is 10.9. The van der Waals surface area contributed by atoms with Crippen molar-refractivity contribution < 1.29 is 24.0 Å². The van der Waals surface area contributed by atoms with Crippen molar-refractivity contribution in [3.8, 4) is 5.75 Å². The van der Waals surface area contributed by atoms with E-state index < -0.39 is 16.8 Å². The van der Waals surface area contributed by atoms with Gasteiger partial charge in [0.15, 0.2) is 5.75 Å². The summed E-state index contributed by atoms with van der Waals surface area (Å²) in [6.45, 7) is 4.12. The van der Waals surface area contributed by atoms with Crippen LogP contribution in [-0.4, -0.2) is 35.0 Å². The number of amides is 1. The van der Waals surface area contributed by atoms with Crippen LogP contribution >= 0.6 is 0 Å². The number of carbonyl (C=O) groups excluding carboxylic acids is 2. The highest BCUT2D eigenvalue weighted by Gasteiger charge is 2.24. The number of hydrogen-bond acceptors (Lipinski definition) is 7. The smallest absolute Gasteiger partial charge is 0.338 e.